The lowest BCUT2D eigenvalue weighted by atomic mass is 10.0. The van der Waals surface area contributed by atoms with Crippen molar-refractivity contribution in [1.82, 2.24) is 9.80 Å². The first kappa shape index (κ1) is 15.9. The normalized spacial score (nSPS) is 16.7. The average Bonchev–Trinajstić information content (AvgIpc) is 2.47. The zero-order valence-electron chi connectivity index (χ0n) is 12.1. The van der Waals surface area contributed by atoms with Crippen LogP contribution in [0.1, 0.15) is 23.2 Å². The van der Waals surface area contributed by atoms with Crippen molar-refractivity contribution in [3.63, 3.8) is 0 Å². The number of nitro benzene ring substituents is 1. The van der Waals surface area contributed by atoms with Gasteiger partial charge in [-0.3, -0.25) is 14.9 Å². The summed E-state index contributed by atoms with van der Waals surface area (Å²) in [6.45, 7) is 1.91. The summed E-state index contributed by atoms with van der Waals surface area (Å²) in [5.41, 5.74) is 0.268. The number of nitro groups is 1. The third kappa shape index (κ3) is 3.59. The number of hydrogen-bond acceptors (Lipinski definition) is 4. The summed E-state index contributed by atoms with van der Waals surface area (Å²) in [7, 11) is 3.83. The Morgan fingerprint density at radius 3 is 2.62 bits per heavy atom. The molecule has 0 spiro atoms. The number of hydrogen-bond donors (Lipinski definition) is 0. The van der Waals surface area contributed by atoms with Gasteiger partial charge in [0, 0.05) is 29.7 Å². The third-order valence-corrected chi connectivity index (χ3v) is 4.64. The van der Waals surface area contributed by atoms with Gasteiger partial charge in [0.15, 0.2) is 0 Å². The van der Waals surface area contributed by atoms with Gasteiger partial charge in [-0.25, -0.2) is 0 Å². The highest BCUT2D eigenvalue weighted by Crippen LogP contribution is 2.25. The monoisotopic (exact) mass is 355 g/mol. The number of amides is 1. The van der Waals surface area contributed by atoms with Gasteiger partial charge in [-0.1, -0.05) is 0 Å². The molecule has 2 rings (SSSR count). The predicted octanol–water partition coefficient (Wildman–Crippen LogP) is 2.52. The van der Waals surface area contributed by atoms with Crippen LogP contribution in [0.5, 0.6) is 0 Å². The molecule has 0 radical (unpaired) electrons. The van der Waals surface area contributed by atoms with Crippen LogP contribution in [0.25, 0.3) is 0 Å². The molecule has 1 fully saturated rings. The van der Waals surface area contributed by atoms with Crippen LogP contribution in [-0.4, -0.2) is 53.9 Å². The maximum atomic E-state index is 12.6. The highest BCUT2D eigenvalue weighted by molar-refractivity contribution is 9.10. The number of nitrogens with zero attached hydrogens (tertiary/aromatic N) is 3. The molecule has 0 saturated carbocycles. The Kier molecular flexibility index (Phi) is 4.95. The van der Waals surface area contributed by atoms with Crippen LogP contribution in [0, 0.1) is 10.1 Å². The van der Waals surface area contributed by atoms with E-state index in [9.17, 15) is 14.9 Å². The van der Waals surface area contributed by atoms with Crippen molar-refractivity contribution < 1.29 is 9.72 Å². The van der Waals surface area contributed by atoms with Crippen LogP contribution < -0.4 is 0 Å². The minimum absolute atomic E-state index is 0.0710. The van der Waals surface area contributed by atoms with Crippen LogP contribution in [0.15, 0.2) is 22.7 Å². The number of carbonyl (C=O) groups excluding carboxylic acids is 1. The van der Waals surface area contributed by atoms with E-state index >= 15 is 0 Å². The summed E-state index contributed by atoms with van der Waals surface area (Å²) in [6.07, 6.45) is 1.84. The molecule has 0 aromatic heterocycles. The molecule has 1 aliphatic rings. The largest absolute Gasteiger partial charge is 0.339 e. The van der Waals surface area contributed by atoms with Gasteiger partial charge in [-0.15, -0.1) is 0 Å². The van der Waals surface area contributed by atoms with Gasteiger partial charge in [-0.2, -0.15) is 0 Å². The number of piperidine rings is 1. The van der Waals surface area contributed by atoms with Crippen molar-refractivity contribution in [2.45, 2.75) is 18.9 Å². The molecule has 0 N–H and O–H groups in total. The van der Waals surface area contributed by atoms with Crippen molar-refractivity contribution in [2.75, 3.05) is 27.2 Å². The molecule has 0 bridgehead atoms. The highest BCUT2D eigenvalue weighted by atomic mass is 79.9. The van der Waals surface area contributed by atoms with Crippen molar-refractivity contribution in [3.05, 3.63) is 38.3 Å². The van der Waals surface area contributed by atoms with E-state index in [2.05, 4.69) is 27.9 Å². The SMILES string of the molecule is CN1CCC(N(C)C(=O)c2cc([N+](=O)[O-])ccc2Br)CC1. The number of carbonyl (C=O) groups is 1. The van der Waals surface area contributed by atoms with Crippen LogP contribution in [-0.2, 0) is 0 Å². The molecule has 1 amide bonds. The van der Waals surface area contributed by atoms with Gasteiger partial charge in [0.25, 0.3) is 11.6 Å². The summed E-state index contributed by atoms with van der Waals surface area (Å²) in [5, 5.41) is 10.9. The van der Waals surface area contributed by atoms with Crippen molar-refractivity contribution in [2.24, 2.45) is 0 Å². The number of non-ortho nitro benzene ring substituents is 1. The number of likely N-dealkylation sites (tertiary alicyclic amines) is 1. The van der Waals surface area contributed by atoms with Gasteiger partial charge in [0.2, 0.25) is 0 Å². The van der Waals surface area contributed by atoms with Gasteiger partial charge in [0.1, 0.15) is 0 Å². The van der Waals surface area contributed by atoms with Crippen LogP contribution in [0.2, 0.25) is 0 Å². The fourth-order valence-corrected chi connectivity index (χ4v) is 2.95. The van der Waals surface area contributed by atoms with Gasteiger partial charge in [-0.05, 0) is 55.0 Å². The van der Waals surface area contributed by atoms with E-state index in [4.69, 9.17) is 0 Å². The van der Waals surface area contributed by atoms with Crippen molar-refractivity contribution >= 4 is 27.5 Å². The van der Waals surface area contributed by atoms with Gasteiger partial charge in [0.05, 0.1) is 10.5 Å². The summed E-state index contributed by atoms with van der Waals surface area (Å²) in [6, 6.07) is 4.45. The van der Waals surface area contributed by atoms with Gasteiger partial charge >= 0.3 is 0 Å². The van der Waals surface area contributed by atoms with E-state index in [0.717, 1.165) is 25.9 Å². The van der Waals surface area contributed by atoms with Crippen molar-refractivity contribution in [3.8, 4) is 0 Å². The lowest BCUT2D eigenvalue weighted by Crippen LogP contribution is -2.44. The van der Waals surface area contributed by atoms with E-state index < -0.39 is 4.92 Å². The van der Waals surface area contributed by atoms with Crippen LogP contribution in [0.3, 0.4) is 0 Å². The lowest BCUT2D eigenvalue weighted by molar-refractivity contribution is -0.384. The highest BCUT2D eigenvalue weighted by Gasteiger charge is 2.26. The first-order valence-electron chi connectivity index (χ1n) is 6.80. The second-order valence-electron chi connectivity index (χ2n) is 5.37. The topological polar surface area (TPSA) is 66.7 Å². The maximum absolute atomic E-state index is 12.6. The smallest absolute Gasteiger partial charge is 0.270 e. The lowest BCUT2D eigenvalue weighted by Gasteiger charge is -2.35. The Bertz CT molecular complexity index is 556. The van der Waals surface area contributed by atoms with Crippen molar-refractivity contribution in [1.29, 1.82) is 0 Å². The Labute approximate surface area is 132 Å². The maximum Gasteiger partial charge on any atom is 0.270 e. The van der Waals surface area contributed by atoms with E-state index in [1.807, 2.05) is 0 Å². The molecule has 7 heteroatoms. The fraction of sp³-hybridized carbons (Fsp3) is 0.500. The molecular weight excluding hydrogens is 338 g/mol. The molecule has 6 nitrogen and oxygen atoms in total. The molecule has 1 heterocycles. The molecule has 0 aliphatic carbocycles. The molecule has 1 aliphatic heterocycles. The molecule has 114 valence electrons. The Hall–Kier alpha value is -1.47. The predicted molar refractivity (Wildman–Crippen MR) is 83.4 cm³/mol. The minimum atomic E-state index is -0.487. The molecule has 21 heavy (non-hydrogen) atoms. The zero-order valence-corrected chi connectivity index (χ0v) is 13.7. The quantitative estimate of drug-likeness (QED) is 0.617. The first-order chi connectivity index (χ1) is 9.90. The summed E-state index contributed by atoms with van der Waals surface area (Å²) >= 11 is 3.30. The minimum Gasteiger partial charge on any atom is -0.339 e. The fourth-order valence-electron chi connectivity index (χ4n) is 2.53. The molecule has 0 unspecified atom stereocenters. The Balaban J connectivity index is 2.19. The first-order valence-corrected chi connectivity index (χ1v) is 7.59. The third-order valence-electron chi connectivity index (χ3n) is 3.95. The van der Waals surface area contributed by atoms with E-state index in [1.165, 1.54) is 12.1 Å². The molecule has 0 atom stereocenters. The number of halogens is 1. The summed E-state index contributed by atoms with van der Waals surface area (Å²) in [4.78, 5) is 26.9. The second kappa shape index (κ2) is 6.53. The van der Waals surface area contributed by atoms with Crippen LogP contribution in [0.4, 0.5) is 5.69 Å². The summed E-state index contributed by atoms with van der Waals surface area (Å²) < 4.78 is 0.581. The standard InChI is InChI=1S/C14H18BrN3O3/c1-16-7-5-10(6-8-16)17(2)14(19)12-9-11(18(20)21)3-4-13(12)15/h3-4,9-10H,5-8H2,1-2H3. The second-order valence-corrected chi connectivity index (χ2v) is 6.23. The van der Waals surface area contributed by atoms with Gasteiger partial charge < -0.3 is 9.80 Å². The summed E-state index contributed by atoms with van der Waals surface area (Å²) in [5.74, 6) is -0.180. The Morgan fingerprint density at radius 1 is 1.43 bits per heavy atom. The zero-order chi connectivity index (χ0) is 15.6. The van der Waals surface area contributed by atoms with E-state index in [0.29, 0.717) is 10.0 Å². The Morgan fingerprint density at radius 2 is 2.05 bits per heavy atom. The van der Waals surface area contributed by atoms with Crippen LogP contribution >= 0.6 is 15.9 Å². The molecular formula is C14H18BrN3O3. The molecule has 1 aromatic carbocycles. The van der Waals surface area contributed by atoms with E-state index in [1.54, 1.807) is 18.0 Å². The average molecular weight is 356 g/mol. The molecule has 1 aromatic rings. The number of benzene rings is 1. The number of rotatable bonds is 3. The molecule has 1 saturated heterocycles. The van der Waals surface area contributed by atoms with E-state index in [-0.39, 0.29) is 17.6 Å².